The molecule has 3 N–H and O–H groups in total. The molecule has 6 heteroatoms. The van der Waals surface area contributed by atoms with Gasteiger partial charge in [0.1, 0.15) is 5.82 Å². The highest BCUT2D eigenvalue weighted by atomic mass is 15.1. The van der Waals surface area contributed by atoms with E-state index >= 15 is 0 Å². The fraction of sp³-hybridized carbons (Fsp3) is 0.308. The van der Waals surface area contributed by atoms with Crippen LogP contribution < -0.4 is 16.0 Å². The van der Waals surface area contributed by atoms with Crippen molar-refractivity contribution in [1.29, 1.82) is 0 Å². The highest BCUT2D eigenvalue weighted by molar-refractivity contribution is 5.46. The summed E-state index contributed by atoms with van der Waals surface area (Å²) in [6.07, 6.45) is 3.48. The molecule has 0 atom stereocenters. The summed E-state index contributed by atoms with van der Waals surface area (Å²) in [7, 11) is 3.94. The molecule has 6 nitrogen and oxygen atoms in total. The van der Waals surface area contributed by atoms with Crippen molar-refractivity contribution >= 4 is 11.8 Å². The number of nitrogens with one attached hydrogen (secondary N) is 1. The van der Waals surface area contributed by atoms with Gasteiger partial charge in [-0.15, -0.1) is 0 Å². The van der Waals surface area contributed by atoms with Crippen LogP contribution in [0.1, 0.15) is 11.3 Å². The Labute approximate surface area is 112 Å². The fourth-order valence-corrected chi connectivity index (χ4v) is 1.74. The number of anilines is 2. The van der Waals surface area contributed by atoms with Gasteiger partial charge in [0.2, 0.25) is 5.95 Å². The molecule has 0 saturated heterocycles. The van der Waals surface area contributed by atoms with Crippen molar-refractivity contribution in [3.05, 3.63) is 41.9 Å². The number of hydrogen-bond acceptors (Lipinski definition) is 6. The van der Waals surface area contributed by atoms with E-state index in [1.165, 1.54) is 0 Å². The Morgan fingerprint density at radius 1 is 1.21 bits per heavy atom. The Kier molecular flexibility index (Phi) is 4.25. The third-order valence-electron chi connectivity index (χ3n) is 2.65. The van der Waals surface area contributed by atoms with Gasteiger partial charge in [0.15, 0.2) is 0 Å². The number of hydrogen-bond donors (Lipinski definition) is 2. The molecule has 0 amide bonds. The van der Waals surface area contributed by atoms with Crippen molar-refractivity contribution in [1.82, 2.24) is 15.0 Å². The topological polar surface area (TPSA) is 80.0 Å². The lowest BCUT2D eigenvalue weighted by Crippen LogP contribution is -2.15. The smallest absolute Gasteiger partial charge is 0.223 e. The third kappa shape index (κ3) is 3.38. The molecule has 0 bridgehead atoms. The summed E-state index contributed by atoms with van der Waals surface area (Å²) >= 11 is 0. The zero-order valence-corrected chi connectivity index (χ0v) is 11.2. The maximum Gasteiger partial charge on any atom is 0.223 e. The molecule has 0 radical (unpaired) electrons. The van der Waals surface area contributed by atoms with E-state index < -0.39 is 0 Å². The second kappa shape index (κ2) is 6.10. The number of rotatable bonds is 5. The fourth-order valence-electron chi connectivity index (χ4n) is 1.74. The summed E-state index contributed by atoms with van der Waals surface area (Å²) in [6.45, 7) is 1.03. The molecule has 2 aromatic heterocycles. The lowest BCUT2D eigenvalue weighted by atomic mass is 10.2. The average Bonchev–Trinajstić information content (AvgIpc) is 2.45. The molecule has 0 aliphatic heterocycles. The summed E-state index contributed by atoms with van der Waals surface area (Å²) in [5.41, 5.74) is 7.46. The van der Waals surface area contributed by atoms with Gasteiger partial charge in [-0.2, -0.15) is 0 Å². The Morgan fingerprint density at radius 3 is 2.79 bits per heavy atom. The maximum absolute atomic E-state index is 5.56. The van der Waals surface area contributed by atoms with Gasteiger partial charge >= 0.3 is 0 Å². The van der Waals surface area contributed by atoms with E-state index in [1.54, 1.807) is 18.5 Å². The molecule has 100 valence electrons. The predicted molar refractivity (Wildman–Crippen MR) is 75.8 cm³/mol. The monoisotopic (exact) mass is 258 g/mol. The molecule has 0 fully saturated rings. The normalized spacial score (nSPS) is 10.3. The molecule has 2 heterocycles. The van der Waals surface area contributed by atoms with Crippen LogP contribution in [0.25, 0.3) is 0 Å². The zero-order chi connectivity index (χ0) is 13.7. The van der Waals surface area contributed by atoms with Crippen LogP contribution in [0.4, 0.5) is 11.8 Å². The Morgan fingerprint density at radius 2 is 2.05 bits per heavy atom. The van der Waals surface area contributed by atoms with Crippen molar-refractivity contribution in [3.63, 3.8) is 0 Å². The molecule has 0 saturated carbocycles. The van der Waals surface area contributed by atoms with Crippen LogP contribution in [0.5, 0.6) is 0 Å². The summed E-state index contributed by atoms with van der Waals surface area (Å²) in [5, 5.41) is 3.19. The highest BCUT2D eigenvalue weighted by Crippen LogP contribution is 2.15. The van der Waals surface area contributed by atoms with Crippen LogP contribution in [0, 0.1) is 0 Å². The first kappa shape index (κ1) is 13.2. The summed E-state index contributed by atoms with van der Waals surface area (Å²) in [5.74, 6) is 1.52. The second-order valence-corrected chi connectivity index (χ2v) is 4.31. The summed E-state index contributed by atoms with van der Waals surface area (Å²) in [6, 6.07) is 5.75. The van der Waals surface area contributed by atoms with Gasteiger partial charge in [0.25, 0.3) is 0 Å². The van der Waals surface area contributed by atoms with Crippen molar-refractivity contribution in [3.8, 4) is 0 Å². The highest BCUT2D eigenvalue weighted by Gasteiger charge is 2.05. The molecule has 0 aromatic carbocycles. The van der Waals surface area contributed by atoms with Gasteiger partial charge in [0, 0.05) is 45.1 Å². The first-order chi connectivity index (χ1) is 9.20. The lowest BCUT2D eigenvalue weighted by molar-refractivity contribution is 0.943. The van der Waals surface area contributed by atoms with Crippen LogP contribution in [-0.4, -0.2) is 29.0 Å². The Balaban J connectivity index is 2.10. The van der Waals surface area contributed by atoms with Gasteiger partial charge in [0.05, 0.1) is 5.69 Å². The van der Waals surface area contributed by atoms with Gasteiger partial charge in [-0.1, -0.05) is 6.07 Å². The van der Waals surface area contributed by atoms with E-state index in [2.05, 4.69) is 20.3 Å². The molecular formula is C13H18N6. The maximum atomic E-state index is 5.56. The van der Waals surface area contributed by atoms with Gasteiger partial charge in [-0.25, -0.2) is 15.0 Å². The number of nitrogens with two attached hydrogens (primary N) is 1. The van der Waals surface area contributed by atoms with Crippen molar-refractivity contribution < 1.29 is 0 Å². The van der Waals surface area contributed by atoms with E-state index in [9.17, 15) is 0 Å². The molecule has 0 spiro atoms. The molecule has 19 heavy (non-hydrogen) atoms. The number of aromatic nitrogens is 3. The van der Waals surface area contributed by atoms with Crippen LogP contribution >= 0.6 is 0 Å². The van der Waals surface area contributed by atoms with E-state index in [0.717, 1.165) is 17.1 Å². The van der Waals surface area contributed by atoms with E-state index in [0.29, 0.717) is 19.0 Å². The minimum atomic E-state index is 0.410. The number of nitrogens with zero attached hydrogens (tertiary/aromatic N) is 4. The minimum absolute atomic E-state index is 0.410. The van der Waals surface area contributed by atoms with E-state index in [-0.39, 0.29) is 0 Å². The van der Waals surface area contributed by atoms with E-state index in [1.807, 2.05) is 31.1 Å². The van der Waals surface area contributed by atoms with Gasteiger partial charge < -0.3 is 16.0 Å². The molecule has 0 aliphatic carbocycles. The molecule has 2 aromatic rings. The molecule has 0 aliphatic rings. The molecular weight excluding hydrogens is 240 g/mol. The Bertz CT molecular complexity index is 540. The third-order valence-corrected chi connectivity index (χ3v) is 2.65. The van der Waals surface area contributed by atoms with Gasteiger partial charge in [-0.3, -0.25) is 0 Å². The van der Waals surface area contributed by atoms with Crippen LogP contribution in [0.2, 0.25) is 0 Å². The van der Waals surface area contributed by atoms with Crippen molar-refractivity contribution in [2.45, 2.75) is 13.1 Å². The predicted octanol–water partition coefficient (Wildman–Crippen LogP) is 1.01. The van der Waals surface area contributed by atoms with Crippen molar-refractivity contribution in [2.75, 3.05) is 24.3 Å². The van der Waals surface area contributed by atoms with Crippen LogP contribution in [-0.2, 0) is 13.1 Å². The Hall–Kier alpha value is -2.21. The minimum Gasteiger partial charge on any atom is -0.362 e. The quantitative estimate of drug-likeness (QED) is 0.833. The largest absolute Gasteiger partial charge is 0.362 e. The second-order valence-electron chi connectivity index (χ2n) is 4.31. The van der Waals surface area contributed by atoms with Crippen LogP contribution in [0.15, 0.2) is 30.6 Å². The zero-order valence-electron chi connectivity index (χ0n) is 11.2. The summed E-state index contributed by atoms with van der Waals surface area (Å²) < 4.78 is 0. The lowest BCUT2D eigenvalue weighted by Gasteiger charge is -2.16. The SMILES string of the molecule is CN(C)c1ncccc1CNc1nccc(CN)n1. The standard InChI is InChI=1S/C13H18N6/c1-19(2)12-10(4-3-6-15-12)9-17-13-16-7-5-11(8-14)18-13/h3-7H,8-9,14H2,1-2H3,(H,16,17,18). The first-order valence-corrected chi connectivity index (χ1v) is 6.08. The number of pyridine rings is 1. The average molecular weight is 258 g/mol. The first-order valence-electron chi connectivity index (χ1n) is 6.08. The van der Waals surface area contributed by atoms with Gasteiger partial charge in [-0.05, 0) is 12.1 Å². The van der Waals surface area contributed by atoms with Crippen molar-refractivity contribution in [2.24, 2.45) is 5.73 Å². The molecule has 2 rings (SSSR count). The van der Waals surface area contributed by atoms with Crippen LogP contribution in [0.3, 0.4) is 0 Å². The van der Waals surface area contributed by atoms with E-state index in [4.69, 9.17) is 5.73 Å². The summed E-state index contributed by atoms with van der Waals surface area (Å²) in [4.78, 5) is 14.8. The molecule has 0 unspecified atom stereocenters.